The van der Waals surface area contributed by atoms with Crippen LogP contribution in [0.25, 0.3) is 44.7 Å². The molecule has 0 saturated carbocycles. The number of nitrogens with two attached hydrogens (primary N) is 2. The van der Waals surface area contributed by atoms with Gasteiger partial charge in [-0.3, -0.25) is 19.6 Å². The fourth-order valence-corrected chi connectivity index (χ4v) is 11.9. The van der Waals surface area contributed by atoms with E-state index in [1.807, 2.05) is 69.9 Å². The zero-order chi connectivity index (χ0) is 64.2. The summed E-state index contributed by atoms with van der Waals surface area (Å²) in [6.07, 6.45) is 9.69. The highest BCUT2D eigenvalue weighted by molar-refractivity contribution is 7.99. The molecule has 460 valence electrons. The predicted molar refractivity (Wildman–Crippen MR) is 340 cm³/mol. The normalized spacial score (nSPS) is 15.1. The van der Waals surface area contributed by atoms with E-state index in [9.17, 15) is 28.0 Å². The molecule has 2 aromatic carbocycles. The lowest BCUT2D eigenvalue weighted by Crippen LogP contribution is -2.54. The minimum atomic E-state index is -1.85. The van der Waals surface area contributed by atoms with Crippen molar-refractivity contribution >= 4 is 105 Å². The number of piperazine rings is 2. The van der Waals surface area contributed by atoms with Gasteiger partial charge in [-0.25, -0.2) is 46.3 Å². The number of hydrogen-bond acceptors (Lipinski definition) is 18. The molecule has 2 saturated heterocycles. The number of rotatable bonds is 12. The van der Waals surface area contributed by atoms with Crippen molar-refractivity contribution in [3.63, 3.8) is 0 Å². The second-order valence-corrected chi connectivity index (χ2v) is 23.2. The fourth-order valence-electron chi connectivity index (χ4n) is 10.6. The van der Waals surface area contributed by atoms with Crippen LogP contribution in [0.2, 0.25) is 5.15 Å². The average molecular weight is 1260 g/mol. The number of anilines is 4. The molecule has 10 rings (SSSR count). The van der Waals surface area contributed by atoms with E-state index in [1.165, 1.54) is 87.3 Å². The highest BCUT2D eigenvalue weighted by Gasteiger charge is 2.34. The lowest BCUT2D eigenvalue weighted by atomic mass is 9.78. The van der Waals surface area contributed by atoms with Gasteiger partial charge in [0.15, 0.2) is 28.1 Å². The molecule has 2 amide bonds. The smallest absolute Gasteiger partial charge is 0.423 e. The van der Waals surface area contributed by atoms with Gasteiger partial charge in [-0.2, -0.15) is 9.97 Å². The van der Waals surface area contributed by atoms with E-state index < -0.39 is 41.8 Å². The van der Waals surface area contributed by atoms with Gasteiger partial charge in [-0.05, 0) is 98.9 Å². The molecular formula is C60H64BClF4N14O6S2. The monoisotopic (exact) mass is 1260 g/mol. The Labute approximate surface area is 518 Å². The summed E-state index contributed by atoms with van der Waals surface area (Å²) in [6, 6.07) is 13.6. The first kappa shape index (κ1) is 65.6. The van der Waals surface area contributed by atoms with E-state index in [0.29, 0.717) is 73.2 Å². The van der Waals surface area contributed by atoms with Gasteiger partial charge in [0.2, 0.25) is 11.8 Å². The third-order valence-corrected chi connectivity index (χ3v) is 16.6. The number of fused-ring (bicyclic) bond motifs is 2. The third-order valence-electron chi connectivity index (χ3n) is 14.8. The minimum absolute atomic E-state index is 0.00476. The summed E-state index contributed by atoms with van der Waals surface area (Å²) in [5.74, 6) is -2.87. The second-order valence-electron chi connectivity index (χ2n) is 21.1. The number of aromatic nitrogens is 8. The molecule has 6 N–H and O–H groups in total. The molecule has 20 nitrogen and oxygen atoms in total. The van der Waals surface area contributed by atoms with Crippen LogP contribution in [0.4, 0.5) is 40.6 Å². The van der Waals surface area contributed by atoms with Crippen LogP contribution in [0.5, 0.6) is 0 Å². The highest BCUT2D eigenvalue weighted by atomic mass is 35.5. The Balaban J connectivity index is 0.000000196. The molecule has 2 aliphatic heterocycles. The Bertz CT molecular complexity index is 4110. The Morgan fingerprint density at radius 2 is 1.10 bits per heavy atom. The van der Waals surface area contributed by atoms with Crippen molar-refractivity contribution in [2.75, 3.05) is 73.0 Å². The summed E-state index contributed by atoms with van der Waals surface area (Å²) < 4.78 is 61.0. The molecule has 8 heterocycles. The lowest BCUT2D eigenvalue weighted by Gasteiger charge is -2.40. The molecular weight excluding hydrogens is 1200 g/mol. The number of pyridine rings is 4. The van der Waals surface area contributed by atoms with Crippen molar-refractivity contribution in [1.82, 2.24) is 48.8 Å². The van der Waals surface area contributed by atoms with Crippen molar-refractivity contribution in [2.24, 2.45) is 0 Å². The van der Waals surface area contributed by atoms with Crippen LogP contribution >= 0.6 is 35.1 Å². The van der Waals surface area contributed by atoms with Gasteiger partial charge >= 0.3 is 18.5 Å². The predicted octanol–water partition coefficient (Wildman–Crippen LogP) is 7.90. The number of hydrogen-bond donors (Lipinski definition) is 4. The SMILES string of the molecule is C=CC(=O)N1CCN(c2nc(=O)n(-c3c(SC)ccnc3C(C)C)c3nc(-c4c(N)cccc4F)c(F)cc23)[C@@H](C)C1.C=CC(=O)N1CCN(c2nc(=O)n(-c3c(SC)ccnc3C(C)C)c3nc(Cl)c(F)cc23)[C@@H](C)C1.Nc1cccc(F)c1B(O)O. The van der Waals surface area contributed by atoms with Crippen molar-refractivity contribution in [3.05, 3.63) is 159 Å². The first-order valence-corrected chi connectivity index (χ1v) is 30.5. The Hall–Kier alpha value is -8.37. The van der Waals surface area contributed by atoms with Crippen LogP contribution in [0.3, 0.4) is 0 Å². The van der Waals surface area contributed by atoms with Gasteiger partial charge in [-0.15, -0.1) is 23.5 Å². The lowest BCUT2D eigenvalue weighted by molar-refractivity contribution is -0.127. The van der Waals surface area contributed by atoms with Gasteiger partial charge < -0.3 is 41.1 Å². The van der Waals surface area contributed by atoms with Gasteiger partial charge in [0.05, 0.1) is 39.1 Å². The second kappa shape index (κ2) is 27.8. The van der Waals surface area contributed by atoms with Crippen molar-refractivity contribution < 1.29 is 37.2 Å². The number of thioether (sulfide) groups is 2. The van der Waals surface area contributed by atoms with E-state index in [2.05, 4.69) is 43.1 Å². The van der Waals surface area contributed by atoms with E-state index in [1.54, 1.807) is 28.3 Å². The van der Waals surface area contributed by atoms with E-state index in [0.717, 1.165) is 15.9 Å². The minimum Gasteiger partial charge on any atom is -0.423 e. The summed E-state index contributed by atoms with van der Waals surface area (Å²) in [5.41, 5.74) is 12.1. The number of benzene rings is 2. The van der Waals surface area contributed by atoms with E-state index in [-0.39, 0.29) is 91.5 Å². The summed E-state index contributed by atoms with van der Waals surface area (Å²) in [6.45, 7) is 21.1. The van der Waals surface area contributed by atoms with Crippen LogP contribution in [0.15, 0.2) is 118 Å². The highest BCUT2D eigenvalue weighted by Crippen LogP contribution is 2.38. The molecule has 0 bridgehead atoms. The van der Waals surface area contributed by atoms with Crippen molar-refractivity contribution in [3.8, 4) is 22.6 Å². The molecule has 2 aliphatic rings. The number of nitrogens with zero attached hydrogens (tertiary/aromatic N) is 12. The Kier molecular flexibility index (Phi) is 20.7. The molecule has 88 heavy (non-hydrogen) atoms. The maximum absolute atomic E-state index is 15.9. The van der Waals surface area contributed by atoms with Crippen molar-refractivity contribution in [2.45, 2.75) is 75.3 Å². The molecule has 0 radical (unpaired) electrons. The number of amides is 2. The summed E-state index contributed by atoms with van der Waals surface area (Å²) >= 11 is 8.99. The largest absolute Gasteiger partial charge is 0.493 e. The molecule has 0 unspecified atom stereocenters. The van der Waals surface area contributed by atoms with Gasteiger partial charge in [0, 0.05) is 90.4 Å². The Morgan fingerprint density at radius 1 is 0.659 bits per heavy atom. The summed E-state index contributed by atoms with van der Waals surface area (Å²) in [4.78, 5) is 87.5. The molecule has 0 spiro atoms. The molecule has 0 aliphatic carbocycles. The number of carbonyl (C=O) groups excluding carboxylic acids is 2. The number of nitrogen functional groups attached to an aromatic ring is 2. The zero-order valence-electron chi connectivity index (χ0n) is 49.4. The zero-order valence-corrected chi connectivity index (χ0v) is 51.8. The molecule has 28 heteroatoms. The number of halogens is 5. The van der Waals surface area contributed by atoms with Gasteiger partial charge in [0.1, 0.15) is 29.0 Å². The standard InChI is InChI=1S/C30H31F2N7O2S.C24H26ClFN6O2S.C6H7BFNO2/c1-6-23(40)37-12-13-38(17(4)15-37)28-18-14-20(32)26(24-19(31)8-7-9-21(24)33)35-29(18)39(30(41)36-28)27-22(42-5)10-11-34-25(27)16(2)3;1-6-18(33)30-9-10-31(14(4)12-30)22-15-11-16(26)21(25)28-23(15)32(24(34)29-22)20-17(35-5)7-8-27-19(20)13(2)3;8-4-2-1-3-5(9)6(4)7(10)11/h6-11,14,16-17H,1,12-13,15,33H2,2-5H3;6-8,11,13-14H,1,9-10,12H2,2-5H3;1-3,10-11H,9H2/t17-;14-;/m00./s1. The summed E-state index contributed by atoms with van der Waals surface area (Å²) in [7, 11) is -1.85. The first-order chi connectivity index (χ1) is 41.9. The number of carbonyl (C=O) groups is 2. The van der Waals surface area contributed by atoms with Crippen LogP contribution < -0.4 is 38.1 Å². The molecule has 6 aromatic heterocycles. The van der Waals surface area contributed by atoms with E-state index in [4.69, 9.17) is 33.1 Å². The van der Waals surface area contributed by atoms with Gasteiger partial charge in [-0.1, -0.05) is 64.6 Å². The molecule has 2 fully saturated rings. The fraction of sp³-hybridized carbons (Fsp3) is 0.300. The maximum atomic E-state index is 15.9. The quantitative estimate of drug-likeness (QED) is 0.0226. The third kappa shape index (κ3) is 13.2. The summed E-state index contributed by atoms with van der Waals surface area (Å²) in [5, 5.41) is 17.5. The van der Waals surface area contributed by atoms with E-state index >= 15 is 8.78 Å². The molecule has 2 atom stereocenters. The Morgan fingerprint density at radius 3 is 1.50 bits per heavy atom. The first-order valence-electron chi connectivity index (χ1n) is 27.7. The topological polar surface area (TPSA) is 261 Å². The maximum Gasteiger partial charge on any atom is 0.493 e. The van der Waals surface area contributed by atoms with Crippen LogP contribution in [0.1, 0.15) is 64.8 Å². The van der Waals surface area contributed by atoms with Crippen molar-refractivity contribution in [1.29, 1.82) is 0 Å². The van der Waals surface area contributed by atoms with Gasteiger partial charge in [0.25, 0.3) is 0 Å². The average Bonchev–Trinajstić information content (AvgIpc) is 0.836. The van der Waals surface area contributed by atoms with Crippen LogP contribution in [-0.4, -0.2) is 142 Å². The van der Waals surface area contributed by atoms with Crippen LogP contribution in [-0.2, 0) is 9.59 Å². The molecule has 8 aromatic rings. The van der Waals surface area contributed by atoms with Crippen LogP contribution in [0, 0.1) is 23.3 Å².